The average Bonchev–Trinajstić information content (AvgIpc) is 2.63. The van der Waals surface area contributed by atoms with Gasteiger partial charge in [-0.05, 0) is 37.8 Å². The van der Waals surface area contributed by atoms with Crippen molar-refractivity contribution in [3.8, 4) is 0 Å². The van der Waals surface area contributed by atoms with Crippen molar-refractivity contribution in [1.29, 1.82) is 0 Å². The Labute approximate surface area is 150 Å². The van der Waals surface area contributed by atoms with E-state index in [9.17, 15) is 13.2 Å². The molecule has 0 spiro atoms. The van der Waals surface area contributed by atoms with Gasteiger partial charge in [0.2, 0.25) is 15.9 Å². The molecule has 0 bridgehead atoms. The zero-order valence-electron chi connectivity index (χ0n) is 14.7. The second-order valence-corrected chi connectivity index (χ2v) is 9.08. The van der Waals surface area contributed by atoms with Crippen molar-refractivity contribution in [2.75, 3.05) is 6.54 Å². The predicted molar refractivity (Wildman–Crippen MR) is 97.6 cm³/mol. The van der Waals surface area contributed by atoms with Crippen LogP contribution in [0.2, 0.25) is 0 Å². The largest absolute Gasteiger partial charge is 0.353 e. The van der Waals surface area contributed by atoms with E-state index in [1.54, 1.807) is 28.6 Å². The fourth-order valence-corrected chi connectivity index (χ4v) is 5.68. The van der Waals surface area contributed by atoms with Gasteiger partial charge in [0, 0.05) is 25.0 Å². The molecule has 1 aliphatic carbocycles. The topological polar surface area (TPSA) is 66.5 Å². The Kier molecular flexibility index (Phi) is 6.12. The summed E-state index contributed by atoms with van der Waals surface area (Å²) >= 11 is 0. The molecule has 1 aliphatic heterocycles. The molecule has 2 fully saturated rings. The minimum absolute atomic E-state index is 0.00735. The standard InChI is InChI=1S/C19H28N2O3S/c22-19(20-16-9-3-1-4-10-16)15-17-11-7-8-14-21(17)25(23,24)18-12-5-2-6-13-18/h2,5-6,12-13,16-17H,1,3-4,7-11,14-15H2,(H,20,22)/t17-/m0/s1. The molecule has 1 atom stereocenters. The molecule has 1 saturated carbocycles. The first-order valence-corrected chi connectivity index (χ1v) is 10.9. The van der Waals surface area contributed by atoms with Crippen molar-refractivity contribution in [3.05, 3.63) is 30.3 Å². The molecule has 1 N–H and O–H groups in total. The first kappa shape index (κ1) is 18.4. The third-order valence-electron chi connectivity index (χ3n) is 5.31. The quantitative estimate of drug-likeness (QED) is 0.873. The molecule has 5 nitrogen and oxygen atoms in total. The van der Waals surface area contributed by atoms with E-state index in [1.807, 2.05) is 6.07 Å². The summed E-state index contributed by atoms with van der Waals surface area (Å²) in [4.78, 5) is 12.8. The Balaban J connectivity index is 1.67. The fourth-order valence-electron chi connectivity index (χ4n) is 3.97. The fraction of sp³-hybridized carbons (Fsp3) is 0.632. The summed E-state index contributed by atoms with van der Waals surface area (Å²) in [5.41, 5.74) is 0. The third-order valence-corrected chi connectivity index (χ3v) is 7.28. The van der Waals surface area contributed by atoms with Crippen LogP contribution in [0.15, 0.2) is 35.2 Å². The number of amides is 1. The van der Waals surface area contributed by atoms with Crippen molar-refractivity contribution in [2.45, 2.75) is 74.8 Å². The predicted octanol–water partition coefficient (Wildman–Crippen LogP) is 3.07. The van der Waals surface area contributed by atoms with Crippen LogP contribution in [0.5, 0.6) is 0 Å². The number of piperidine rings is 1. The highest BCUT2D eigenvalue weighted by Crippen LogP contribution is 2.27. The maximum Gasteiger partial charge on any atom is 0.243 e. The lowest BCUT2D eigenvalue weighted by molar-refractivity contribution is -0.123. The van der Waals surface area contributed by atoms with Crippen molar-refractivity contribution in [2.24, 2.45) is 0 Å². The number of benzene rings is 1. The van der Waals surface area contributed by atoms with Gasteiger partial charge in [-0.15, -0.1) is 0 Å². The molecular weight excluding hydrogens is 336 g/mol. The minimum atomic E-state index is -3.54. The molecule has 0 radical (unpaired) electrons. The number of carbonyl (C=O) groups excluding carboxylic acids is 1. The average molecular weight is 365 g/mol. The van der Waals surface area contributed by atoms with E-state index < -0.39 is 10.0 Å². The summed E-state index contributed by atoms with van der Waals surface area (Å²) in [6.45, 7) is 0.499. The smallest absolute Gasteiger partial charge is 0.243 e. The summed E-state index contributed by atoms with van der Waals surface area (Å²) in [6.07, 6.45) is 8.52. The number of carbonyl (C=O) groups is 1. The molecule has 3 rings (SSSR count). The van der Waals surface area contributed by atoms with Crippen LogP contribution in [0.25, 0.3) is 0 Å². The first-order valence-electron chi connectivity index (χ1n) is 9.43. The number of hydrogen-bond donors (Lipinski definition) is 1. The summed E-state index contributed by atoms with van der Waals surface area (Å²) in [7, 11) is -3.54. The lowest BCUT2D eigenvalue weighted by atomic mass is 9.95. The zero-order valence-corrected chi connectivity index (χ0v) is 15.5. The van der Waals surface area contributed by atoms with Gasteiger partial charge in [0.15, 0.2) is 0 Å². The summed E-state index contributed by atoms with van der Waals surface area (Å²) < 4.78 is 27.5. The van der Waals surface area contributed by atoms with E-state index in [1.165, 1.54) is 19.3 Å². The van der Waals surface area contributed by atoms with Gasteiger partial charge in [0.1, 0.15) is 0 Å². The SMILES string of the molecule is O=C(C[C@@H]1CCCCN1S(=O)(=O)c1ccccc1)NC1CCCCC1. The number of hydrogen-bond acceptors (Lipinski definition) is 3. The Morgan fingerprint density at radius 3 is 2.40 bits per heavy atom. The minimum Gasteiger partial charge on any atom is -0.353 e. The molecule has 1 saturated heterocycles. The van der Waals surface area contributed by atoms with Gasteiger partial charge in [-0.2, -0.15) is 4.31 Å². The van der Waals surface area contributed by atoms with Crippen LogP contribution < -0.4 is 5.32 Å². The normalized spacial score (nSPS) is 23.3. The molecule has 2 aliphatic rings. The van der Waals surface area contributed by atoms with Crippen LogP contribution >= 0.6 is 0 Å². The number of nitrogens with one attached hydrogen (secondary N) is 1. The number of nitrogens with zero attached hydrogens (tertiary/aromatic N) is 1. The molecule has 1 amide bonds. The zero-order chi connectivity index (χ0) is 17.7. The van der Waals surface area contributed by atoms with Gasteiger partial charge in [-0.1, -0.05) is 43.9 Å². The van der Waals surface area contributed by atoms with Crippen molar-refractivity contribution < 1.29 is 13.2 Å². The van der Waals surface area contributed by atoms with Gasteiger partial charge in [-0.3, -0.25) is 4.79 Å². The molecule has 1 aromatic carbocycles. The number of rotatable bonds is 5. The first-order chi connectivity index (χ1) is 12.1. The van der Waals surface area contributed by atoms with Crippen molar-refractivity contribution >= 4 is 15.9 Å². The molecule has 0 aromatic heterocycles. The maximum absolute atomic E-state index is 13.0. The van der Waals surface area contributed by atoms with E-state index in [0.717, 1.165) is 32.1 Å². The summed E-state index contributed by atoms with van der Waals surface area (Å²) in [5.74, 6) is -0.00735. The second-order valence-electron chi connectivity index (χ2n) is 7.18. The van der Waals surface area contributed by atoms with Gasteiger partial charge >= 0.3 is 0 Å². The Morgan fingerprint density at radius 1 is 1.00 bits per heavy atom. The van der Waals surface area contributed by atoms with Gasteiger partial charge < -0.3 is 5.32 Å². The Hall–Kier alpha value is -1.40. The van der Waals surface area contributed by atoms with Crippen LogP contribution in [-0.4, -0.2) is 37.3 Å². The molecule has 25 heavy (non-hydrogen) atoms. The van der Waals surface area contributed by atoms with Crippen LogP contribution in [0.4, 0.5) is 0 Å². The van der Waals surface area contributed by atoms with Crippen LogP contribution in [0.3, 0.4) is 0 Å². The monoisotopic (exact) mass is 364 g/mol. The molecular formula is C19H28N2O3S. The van der Waals surface area contributed by atoms with Gasteiger partial charge in [0.25, 0.3) is 0 Å². The van der Waals surface area contributed by atoms with Crippen LogP contribution in [-0.2, 0) is 14.8 Å². The second kappa shape index (κ2) is 8.32. The number of sulfonamides is 1. The highest BCUT2D eigenvalue weighted by atomic mass is 32.2. The van der Waals surface area contributed by atoms with Crippen molar-refractivity contribution in [1.82, 2.24) is 9.62 Å². The van der Waals surface area contributed by atoms with E-state index >= 15 is 0 Å². The van der Waals surface area contributed by atoms with E-state index in [-0.39, 0.29) is 24.4 Å². The van der Waals surface area contributed by atoms with Crippen LogP contribution in [0.1, 0.15) is 57.8 Å². The van der Waals surface area contributed by atoms with E-state index in [4.69, 9.17) is 0 Å². The van der Waals surface area contributed by atoms with E-state index in [0.29, 0.717) is 11.4 Å². The highest BCUT2D eigenvalue weighted by molar-refractivity contribution is 7.89. The Morgan fingerprint density at radius 2 is 1.68 bits per heavy atom. The molecule has 1 aromatic rings. The van der Waals surface area contributed by atoms with E-state index in [2.05, 4.69) is 5.32 Å². The van der Waals surface area contributed by atoms with Gasteiger partial charge in [0.05, 0.1) is 4.90 Å². The highest BCUT2D eigenvalue weighted by Gasteiger charge is 2.34. The van der Waals surface area contributed by atoms with Crippen LogP contribution in [0, 0.1) is 0 Å². The third kappa shape index (κ3) is 4.61. The molecule has 1 heterocycles. The summed E-state index contributed by atoms with van der Waals surface area (Å²) in [6, 6.07) is 8.58. The Bertz CT molecular complexity index is 669. The lowest BCUT2D eigenvalue weighted by Crippen LogP contribution is -2.47. The molecule has 6 heteroatoms. The molecule has 138 valence electrons. The van der Waals surface area contributed by atoms with Gasteiger partial charge in [-0.25, -0.2) is 8.42 Å². The summed E-state index contributed by atoms with van der Waals surface area (Å²) in [5, 5.41) is 3.12. The molecule has 0 unspecified atom stereocenters. The van der Waals surface area contributed by atoms with Crippen molar-refractivity contribution in [3.63, 3.8) is 0 Å². The lowest BCUT2D eigenvalue weighted by Gasteiger charge is -2.35. The maximum atomic E-state index is 13.0.